The average molecular weight is 303 g/mol. The number of hydrogen-bond acceptors (Lipinski definition) is 5. The number of rotatable bonds is 1. The van der Waals surface area contributed by atoms with E-state index in [-0.39, 0.29) is 17.5 Å². The zero-order valence-electron chi connectivity index (χ0n) is 11.4. The molecule has 0 unspecified atom stereocenters. The second-order valence-corrected chi connectivity index (χ2v) is 7.60. The summed E-state index contributed by atoms with van der Waals surface area (Å²) in [7, 11) is -2.95. The molecule has 2 aliphatic rings. The van der Waals surface area contributed by atoms with Crippen LogP contribution in [-0.2, 0) is 19.4 Å². The van der Waals surface area contributed by atoms with Gasteiger partial charge in [-0.3, -0.25) is 9.59 Å². The van der Waals surface area contributed by atoms with Crippen LogP contribution in [0.3, 0.4) is 0 Å². The highest BCUT2D eigenvalue weighted by Crippen LogP contribution is 2.12. The van der Waals surface area contributed by atoms with Gasteiger partial charge in [0.25, 0.3) is 0 Å². The van der Waals surface area contributed by atoms with E-state index in [9.17, 15) is 18.0 Å². The Morgan fingerprint density at radius 3 is 2.50 bits per heavy atom. The maximum atomic E-state index is 12.0. The first-order chi connectivity index (χ1) is 9.48. The van der Waals surface area contributed by atoms with Crippen LogP contribution in [0.4, 0.5) is 0 Å². The Morgan fingerprint density at radius 1 is 1.10 bits per heavy atom. The molecule has 2 aliphatic heterocycles. The van der Waals surface area contributed by atoms with Crippen molar-refractivity contribution in [2.75, 3.05) is 37.7 Å². The van der Waals surface area contributed by atoms with Crippen molar-refractivity contribution in [2.45, 2.75) is 25.3 Å². The molecule has 0 aromatic heterocycles. The second kappa shape index (κ2) is 6.53. The zero-order valence-corrected chi connectivity index (χ0v) is 12.2. The van der Waals surface area contributed by atoms with Gasteiger partial charge in [-0.15, -0.1) is 0 Å². The molecule has 2 N–H and O–H groups in total. The summed E-state index contributed by atoms with van der Waals surface area (Å²) < 4.78 is 22.6. The summed E-state index contributed by atoms with van der Waals surface area (Å²) in [5.41, 5.74) is 0. The van der Waals surface area contributed by atoms with Gasteiger partial charge in [-0.1, -0.05) is 0 Å². The number of nitrogens with one attached hydrogen (secondary N) is 2. The molecule has 2 amide bonds. The van der Waals surface area contributed by atoms with Crippen LogP contribution in [-0.4, -0.2) is 68.9 Å². The molecule has 2 fully saturated rings. The van der Waals surface area contributed by atoms with E-state index < -0.39 is 21.7 Å². The fourth-order valence-electron chi connectivity index (χ4n) is 2.47. The molecule has 0 atom stereocenters. The van der Waals surface area contributed by atoms with E-state index in [1.165, 1.54) is 0 Å². The lowest BCUT2D eigenvalue weighted by atomic mass is 10.1. The molecule has 0 aromatic rings. The van der Waals surface area contributed by atoms with Crippen molar-refractivity contribution >= 4 is 21.7 Å². The van der Waals surface area contributed by atoms with Crippen molar-refractivity contribution < 1.29 is 18.0 Å². The van der Waals surface area contributed by atoms with Crippen LogP contribution in [0.15, 0.2) is 0 Å². The fourth-order valence-corrected chi connectivity index (χ4v) is 3.97. The Labute approximate surface area is 119 Å². The van der Waals surface area contributed by atoms with Crippen molar-refractivity contribution in [2.24, 2.45) is 0 Å². The largest absolute Gasteiger partial charge is 0.345 e. The van der Waals surface area contributed by atoms with E-state index >= 15 is 0 Å². The third-order valence-corrected chi connectivity index (χ3v) is 5.43. The van der Waals surface area contributed by atoms with Crippen LogP contribution in [0.25, 0.3) is 0 Å². The third kappa shape index (κ3) is 4.17. The molecule has 0 saturated carbocycles. The van der Waals surface area contributed by atoms with Gasteiger partial charge in [0.1, 0.15) is 9.84 Å². The molecule has 2 heterocycles. The van der Waals surface area contributed by atoms with Crippen LogP contribution >= 0.6 is 0 Å². The van der Waals surface area contributed by atoms with Crippen molar-refractivity contribution in [3.05, 3.63) is 0 Å². The standard InChI is InChI=1S/C12H21N3O4S/c16-11(12(17)15-6-1-4-13-5-7-15)14-10-2-8-20(18,19)9-3-10/h10,13H,1-9H2,(H,14,16). The zero-order chi connectivity index (χ0) is 14.6. The van der Waals surface area contributed by atoms with E-state index in [2.05, 4.69) is 10.6 Å². The molecular formula is C12H21N3O4S. The number of nitrogens with zero attached hydrogens (tertiary/aromatic N) is 1. The van der Waals surface area contributed by atoms with E-state index in [4.69, 9.17) is 0 Å². The van der Waals surface area contributed by atoms with Crippen LogP contribution in [0.1, 0.15) is 19.3 Å². The minimum absolute atomic E-state index is 0.0831. The summed E-state index contributed by atoms with van der Waals surface area (Å²) in [6.07, 6.45) is 1.62. The summed E-state index contributed by atoms with van der Waals surface area (Å²) in [6, 6.07) is -0.208. The minimum atomic E-state index is -2.95. The van der Waals surface area contributed by atoms with Gasteiger partial charge >= 0.3 is 11.8 Å². The molecule has 0 radical (unpaired) electrons. The highest BCUT2D eigenvalue weighted by Gasteiger charge is 2.28. The lowest BCUT2D eigenvalue weighted by Gasteiger charge is -2.25. The van der Waals surface area contributed by atoms with Gasteiger partial charge in [0.2, 0.25) is 0 Å². The lowest BCUT2D eigenvalue weighted by molar-refractivity contribution is -0.146. The van der Waals surface area contributed by atoms with Crippen LogP contribution in [0.2, 0.25) is 0 Å². The molecule has 0 spiro atoms. The van der Waals surface area contributed by atoms with E-state index in [1.807, 2.05) is 0 Å². The molecule has 2 rings (SSSR count). The van der Waals surface area contributed by atoms with Gasteiger partial charge in [-0.2, -0.15) is 0 Å². The van der Waals surface area contributed by atoms with Crippen LogP contribution < -0.4 is 10.6 Å². The van der Waals surface area contributed by atoms with Crippen LogP contribution in [0.5, 0.6) is 0 Å². The molecule has 0 aliphatic carbocycles. The Hall–Kier alpha value is -1.15. The van der Waals surface area contributed by atoms with Gasteiger partial charge < -0.3 is 15.5 Å². The Balaban J connectivity index is 1.83. The maximum Gasteiger partial charge on any atom is 0.311 e. The molecule has 114 valence electrons. The highest BCUT2D eigenvalue weighted by atomic mass is 32.2. The smallest absolute Gasteiger partial charge is 0.311 e. The van der Waals surface area contributed by atoms with Gasteiger partial charge in [0.15, 0.2) is 0 Å². The summed E-state index contributed by atoms with van der Waals surface area (Å²) in [6.45, 7) is 2.66. The first-order valence-corrected chi connectivity index (χ1v) is 8.81. The van der Waals surface area contributed by atoms with Gasteiger partial charge in [0, 0.05) is 25.7 Å². The summed E-state index contributed by atoms with van der Waals surface area (Å²) >= 11 is 0. The lowest BCUT2D eigenvalue weighted by Crippen LogP contribution is -2.49. The molecule has 2 saturated heterocycles. The number of sulfone groups is 1. The second-order valence-electron chi connectivity index (χ2n) is 5.30. The number of amides is 2. The Kier molecular flexibility index (Phi) is 4.98. The summed E-state index contributed by atoms with van der Waals surface area (Å²) in [5, 5.41) is 5.83. The summed E-state index contributed by atoms with van der Waals surface area (Å²) in [4.78, 5) is 25.5. The predicted molar refractivity (Wildman–Crippen MR) is 73.9 cm³/mol. The monoisotopic (exact) mass is 303 g/mol. The highest BCUT2D eigenvalue weighted by molar-refractivity contribution is 7.91. The molecule has 20 heavy (non-hydrogen) atoms. The number of carbonyl (C=O) groups is 2. The molecule has 0 bridgehead atoms. The van der Waals surface area contributed by atoms with Crippen LogP contribution in [0, 0.1) is 0 Å². The SMILES string of the molecule is O=C(NC1CCS(=O)(=O)CC1)C(=O)N1CCCNCC1. The van der Waals surface area contributed by atoms with Crippen molar-refractivity contribution in [1.29, 1.82) is 0 Å². The van der Waals surface area contributed by atoms with Gasteiger partial charge in [0.05, 0.1) is 11.5 Å². The average Bonchev–Trinajstić information content (AvgIpc) is 2.69. The number of carbonyl (C=O) groups excluding carboxylic acids is 2. The topological polar surface area (TPSA) is 95.6 Å². The van der Waals surface area contributed by atoms with E-state index in [0.717, 1.165) is 13.0 Å². The quantitative estimate of drug-likeness (QED) is 0.575. The maximum absolute atomic E-state index is 12.0. The molecular weight excluding hydrogens is 282 g/mol. The first kappa shape index (κ1) is 15.2. The Morgan fingerprint density at radius 2 is 1.80 bits per heavy atom. The minimum Gasteiger partial charge on any atom is -0.345 e. The third-order valence-electron chi connectivity index (χ3n) is 3.71. The van der Waals surface area contributed by atoms with E-state index in [0.29, 0.717) is 32.5 Å². The first-order valence-electron chi connectivity index (χ1n) is 6.99. The molecule has 8 heteroatoms. The van der Waals surface area contributed by atoms with Crippen molar-refractivity contribution in [1.82, 2.24) is 15.5 Å². The van der Waals surface area contributed by atoms with Gasteiger partial charge in [-0.05, 0) is 25.8 Å². The molecule has 7 nitrogen and oxygen atoms in total. The molecule has 0 aromatic carbocycles. The van der Waals surface area contributed by atoms with Gasteiger partial charge in [-0.25, -0.2) is 8.42 Å². The predicted octanol–water partition coefficient (Wildman–Crippen LogP) is -1.50. The fraction of sp³-hybridized carbons (Fsp3) is 0.833. The van der Waals surface area contributed by atoms with Crippen molar-refractivity contribution in [3.8, 4) is 0 Å². The Bertz CT molecular complexity index is 455. The van der Waals surface area contributed by atoms with Crippen molar-refractivity contribution in [3.63, 3.8) is 0 Å². The summed E-state index contributed by atoms with van der Waals surface area (Å²) in [5.74, 6) is -0.960. The number of hydrogen-bond donors (Lipinski definition) is 2. The normalized spacial score (nSPS) is 23.9. The van der Waals surface area contributed by atoms with E-state index in [1.54, 1.807) is 4.90 Å².